The van der Waals surface area contributed by atoms with E-state index in [0.717, 1.165) is 54.8 Å². The summed E-state index contributed by atoms with van der Waals surface area (Å²) < 4.78 is 49.8. The van der Waals surface area contributed by atoms with Crippen LogP contribution >= 0.6 is 23.6 Å². The number of anilines is 3. The number of thiophene rings is 1. The van der Waals surface area contributed by atoms with Crippen molar-refractivity contribution in [2.24, 2.45) is 0 Å². The molecule has 69 heavy (non-hydrogen) atoms. The van der Waals surface area contributed by atoms with E-state index in [4.69, 9.17) is 14.9 Å². The largest absolute Gasteiger partial charge is 2.00 e. The fourth-order valence-corrected chi connectivity index (χ4v) is 7.45. The van der Waals surface area contributed by atoms with Gasteiger partial charge in [0.15, 0.2) is 0 Å². The molecule has 0 amide bonds. The van der Waals surface area contributed by atoms with Crippen LogP contribution in [0.3, 0.4) is 0 Å². The van der Waals surface area contributed by atoms with E-state index in [2.05, 4.69) is 53.4 Å². The van der Waals surface area contributed by atoms with Crippen LogP contribution in [0.15, 0.2) is 146 Å². The summed E-state index contributed by atoms with van der Waals surface area (Å²) in [5.41, 5.74) is 7.10. The molecule has 0 N–H and O–H groups in total. The fourth-order valence-electron chi connectivity index (χ4n) is 6.52. The van der Waals surface area contributed by atoms with Crippen molar-refractivity contribution in [2.45, 2.75) is 20.0 Å². The molecular formula is C50H34F3N9O4RuS2. The number of thiocarbonyl (C=S) groups is 1. The number of isothiocyanates is 1. The maximum absolute atomic E-state index is 12.9. The Morgan fingerprint density at radius 1 is 0.681 bits per heavy atom. The standard InChI is InChI=1S/C26H16N4O4S.C23H18F3N4.CNS.Ru/c31-15-33-19-5-8-29-23(11-19)25-13-20(34-16-32)12-24(30-25)22-9-17(3-7-28-22)1-2-21-10-18-4-6-27-14-26(18)35-21;1-15-3-7-17(8-4-15)30(18-9-5-16(2)6-10-18)19-11-12-27-20(13-19)21-14-22(29-28-21)23(24,25)26;2-1-3;/h1-16H;3-14H,1-2H3;;/q;2*-1;+2/b2-1+;;;. The van der Waals surface area contributed by atoms with Gasteiger partial charge in [-0.2, -0.15) is 18.3 Å². The third kappa shape index (κ3) is 13.4. The van der Waals surface area contributed by atoms with Crippen molar-refractivity contribution in [3.63, 3.8) is 0 Å². The molecule has 13 nitrogen and oxygen atoms in total. The van der Waals surface area contributed by atoms with E-state index in [1.54, 1.807) is 60.3 Å². The third-order valence-electron chi connectivity index (χ3n) is 9.67. The quantitative estimate of drug-likeness (QED) is 0.0491. The van der Waals surface area contributed by atoms with Gasteiger partial charge in [0.2, 0.25) is 0 Å². The van der Waals surface area contributed by atoms with Crippen LogP contribution in [0.1, 0.15) is 27.3 Å². The van der Waals surface area contributed by atoms with E-state index in [1.165, 1.54) is 11.4 Å². The summed E-state index contributed by atoms with van der Waals surface area (Å²) in [4.78, 5) is 46.6. The Bertz CT molecular complexity index is 3170. The van der Waals surface area contributed by atoms with Crippen LogP contribution in [-0.4, -0.2) is 48.1 Å². The van der Waals surface area contributed by atoms with Crippen LogP contribution in [0.5, 0.6) is 11.5 Å². The Morgan fingerprint density at radius 2 is 1.26 bits per heavy atom. The van der Waals surface area contributed by atoms with Crippen LogP contribution in [0.2, 0.25) is 0 Å². The molecule has 0 saturated heterocycles. The average Bonchev–Trinajstić information content (AvgIpc) is 4.02. The fraction of sp³-hybridized carbons (Fsp3) is 0.0600. The van der Waals surface area contributed by atoms with Crippen molar-refractivity contribution >= 4 is 81.0 Å². The normalized spacial score (nSPS) is 10.7. The molecule has 7 aromatic heterocycles. The van der Waals surface area contributed by atoms with Gasteiger partial charge in [-0.05, 0) is 104 Å². The minimum Gasteiger partial charge on any atom is -0.753 e. The average molecular weight is 1050 g/mol. The van der Waals surface area contributed by atoms with Crippen LogP contribution in [-0.2, 0) is 35.2 Å². The first-order valence-corrected chi connectivity index (χ1v) is 21.3. The zero-order chi connectivity index (χ0) is 48.0. The third-order valence-corrected chi connectivity index (χ3v) is 10.7. The summed E-state index contributed by atoms with van der Waals surface area (Å²) in [5.74, 6) is 0.600. The van der Waals surface area contributed by atoms with Crippen LogP contribution in [0.4, 0.5) is 30.2 Å². The maximum atomic E-state index is 12.9. The number of aryl methyl sites for hydroxylation is 2. The predicted octanol–water partition coefficient (Wildman–Crippen LogP) is 11.9. The second kappa shape index (κ2) is 23.7. The van der Waals surface area contributed by atoms with E-state index in [-0.39, 0.29) is 30.9 Å². The number of pyridine rings is 5. The van der Waals surface area contributed by atoms with Crippen molar-refractivity contribution in [3.8, 4) is 45.7 Å². The summed E-state index contributed by atoms with van der Waals surface area (Å²) in [6, 6.07) is 34.7. The first-order chi connectivity index (χ1) is 32.9. The number of aromatic nitrogens is 7. The monoisotopic (exact) mass is 1050 g/mol. The first-order valence-electron chi connectivity index (χ1n) is 20.1. The molecule has 19 heteroatoms. The summed E-state index contributed by atoms with van der Waals surface area (Å²) >= 11 is 5.36. The van der Waals surface area contributed by atoms with Crippen molar-refractivity contribution in [2.75, 3.05) is 4.90 Å². The number of hydrogen-bond donors (Lipinski definition) is 0. The zero-order valence-corrected chi connectivity index (χ0v) is 39.5. The van der Waals surface area contributed by atoms with Gasteiger partial charge in [-0.15, -0.1) is 11.3 Å². The van der Waals surface area contributed by atoms with Crippen LogP contribution in [0.25, 0.3) is 61.8 Å². The number of hydrogen-bond acceptors (Lipinski definition) is 13. The summed E-state index contributed by atoms with van der Waals surface area (Å²) in [6.07, 6.45) is 7.87. The first kappa shape index (κ1) is 50.5. The number of ether oxygens (including phenoxy) is 2. The molecule has 7 heterocycles. The topological polar surface area (TPSA) is 170 Å². The zero-order valence-electron chi connectivity index (χ0n) is 36.1. The molecular weight excluding hydrogens is 1010 g/mol. The minimum absolute atomic E-state index is 0. The number of fused-ring (bicyclic) bond motifs is 1. The molecule has 0 spiro atoms. The molecule has 344 valence electrons. The molecule has 0 aliphatic heterocycles. The van der Waals surface area contributed by atoms with Crippen molar-refractivity contribution in [1.82, 2.24) is 35.1 Å². The molecule has 9 rings (SSSR count). The van der Waals surface area contributed by atoms with E-state index >= 15 is 0 Å². The molecule has 0 atom stereocenters. The Kier molecular flexibility index (Phi) is 17.3. The molecule has 0 radical (unpaired) electrons. The molecule has 0 unspecified atom stereocenters. The van der Waals surface area contributed by atoms with Gasteiger partial charge in [0.05, 0.1) is 33.2 Å². The van der Waals surface area contributed by atoms with E-state index in [0.29, 0.717) is 47.2 Å². The maximum Gasteiger partial charge on any atom is 2.00 e. The number of carbonyl (C=O) groups is 2. The Hall–Kier alpha value is -7.95. The molecule has 9 aromatic rings. The number of alkyl halides is 3. The van der Waals surface area contributed by atoms with Crippen LogP contribution < -0.4 is 19.5 Å². The Labute approximate surface area is 415 Å². The second-order valence-corrected chi connectivity index (χ2v) is 15.7. The predicted molar refractivity (Wildman–Crippen MR) is 259 cm³/mol. The molecule has 0 saturated carbocycles. The van der Waals surface area contributed by atoms with Gasteiger partial charge in [-0.1, -0.05) is 59.4 Å². The molecule has 2 aromatic carbocycles. The summed E-state index contributed by atoms with van der Waals surface area (Å²) in [5, 5.41) is 16.5. The number of rotatable bonds is 12. The van der Waals surface area contributed by atoms with E-state index in [1.807, 2.05) is 110 Å². The Morgan fingerprint density at radius 3 is 1.87 bits per heavy atom. The van der Waals surface area contributed by atoms with Gasteiger partial charge in [0, 0.05) is 71.1 Å². The number of halogens is 3. The number of carbonyl (C=O) groups excluding carboxylic acids is 2. The van der Waals surface area contributed by atoms with E-state index < -0.39 is 11.9 Å². The van der Waals surface area contributed by atoms with Gasteiger partial charge < -0.3 is 30.0 Å². The number of benzene rings is 2. The second-order valence-electron chi connectivity index (χ2n) is 14.4. The minimum atomic E-state index is -4.54. The van der Waals surface area contributed by atoms with Gasteiger partial charge in [0.1, 0.15) is 17.2 Å². The Balaban J connectivity index is 0.000000214. The summed E-state index contributed by atoms with van der Waals surface area (Å²) in [7, 11) is 0. The molecule has 0 aliphatic rings. The van der Waals surface area contributed by atoms with Crippen LogP contribution in [0, 0.1) is 13.8 Å². The molecule has 0 fully saturated rings. The summed E-state index contributed by atoms with van der Waals surface area (Å²) in [6.45, 7) is 4.70. The number of nitrogens with zero attached hydrogens (tertiary/aromatic N) is 9. The van der Waals surface area contributed by atoms with Crippen molar-refractivity contribution in [1.29, 1.82) is 0 Å². The van der Waals surface area contributed by atoms with Gasteiger partial charge >= 0.3 is 25.7 Å². The van der Waals surface area contributed by atoms with Gasteiger partial charge in [-0.3, -0.25) is 29.5 Å². The molecule has 0 bridgehead atoms. The van der Waals surface area contributed by atoms with Crippen molar-refractivity contribution < 1.29 is 51.7 Å². The van der Waals surface area contributed by atoms with Crippen molar-refractivity contribution in [3.05, 3.63) is 179 Å². The SMILES string of the molecule is Cc1ccc(N(c2ccc(C)cc2)c2ccnc(-c3cc(C(F)(F)F)n[n-]3)c2)cc1.O=COc1ccnc(-c2cc(OC=O)cc(-c3cc(/C=C/c4cc5ccncc5s4)ccn3)n2)c1.[N-]=C=S.[Ru+2]. The van der Waals surface area contributed by atoms with Gasteiger partial charge in [-0.25, -0.2) is 4.98 Å². The molecule has 0 aliphatic carbocycles. The smallest absolute Gasteiger partial charge is 0.753 e. The van der Waals surface area contributed by atoms with E-state index in [9.17, 15) is 22.8 Å². The van der Waals surface area contributed by atoms with Gasteiger partial charge in [0.25, 0.3) is 12.9 Å².